The zero-order valence-corrected chi connectivity index (χ0v) is 16.3. The Labute approximate surface area is 156 Å². The molecule has 0 atom stereocenters. The highest BCUT2D eigenvalue weighted by Crippen LogP contribution is 2.25. The molecule has 0 saturated heterocycles. The van der Waals surface area contributed by atoms with Crippen molar-refractivity contribution in [3.8, 4) is 0 Å². The fraction of sp³-hybridized carbons (Fsp3) is 0.364. The maximum atomic E-state index is 13.1. The van der Waals surface area contributed by atoms with E-state index in [0.717, 1.165) is 22.4 Å². The van der Waals surface area contributed by atoms with E-state index in [9.17, 15) is 9.59 Å². The van der Waals surface area contributed by atoms with Gasteiger partial charge in [0, 0.05) is 18.8 Å². The molecule has 1 N–H and O–H groups in total. The fourth-order valence-electron chi connectivity index (χ4n) is 2.88. The predicted octanol–water partition coefficient (Wildman–Crippen LogP) is 4.00. The Bertz CT molecular complexity index is 796. The number of hydrogen-bond acceptors (Lipinski definition) is 2. The van der Waals surface area contributed by atoms with Crippen molar-refractivity contribution in [1.29, 1.82) is 0 Å². The summed E-state index contributed by atoms with van der Waals surface area (Å²) < 4.78 is 0. The molecule has 4 heteroatoms. The first-order valence-corrected chi connectivity index (χ1v) is 8.98. The first-order valence-electron chi connectivity index (χ1n) is 8.98. The number of carbonyl (C=O) groups is 2. The van der Waals surface area contributed by atoms with Crippen LogP contribution in [0.2, 0.25) is 0 Å². The molecule has 0 aliphatic carbocycles. The Hall–Kier alpha value is -2.62. The van der Waals surface area contributed by atoms with Gasteiger partial charge < -0.3 is 10.2 Å². The van der Waals surface area contributed by atoms with Gasteiger partial charge in [0.1, 0.15) is 5.41 Å². The largest absolute Gasteiger partial charge is 0.351 e. The van der Waals surface area contributed by atoms with Gasteiger partial charge in [-0.25, -0.2) is 0 Å². The molecule has 0 aromatic heterocycles. The van der Waals surface area contributed by atoms with Crippen LogP contribution in [0.1, 0.15) is 37.5 Å². The molecule has 0 heterocycles. The summed E-state index contributed by atoms with van der Waals surface area (Å²) in [4.78, 5) is 27.5. The van der Waals surface area contributed by atoms with Crippen molar-refractivity contribution < 1.29 is 9.59 Å². The van der Waals surface area contributed by atoms with E-state index in [2.05, 4.69) is 5.32 Å². The van der Waals surface area contributed by atoms with Crippen LogP contribution in [0.3, 0.4) is 0 Å². The van der Waals surface area contributed by atoms with Gasteiger partial charge in [0.15, 0.2) is 0 Å². The van der Waals surface area contributed by atoms with Crippen LogP contribution in [0.15, 0.2) is 48.5 Å². The van der Waals surface area contributed by atoms with E-state index >= 15 is 0 Å². The van der Waals surface area contributed by atoms with Crippen LogP contribution < -0.4 is 10.2 Å². The minimum atomic E-state index is -1.15. The number of carbonyl (C=O) groups excluding carboxylic acids is 2. The third kappa shape index (κ3) is 4.31. The lowest BCUT2D eigenvalue weighted by molar-refractivity contribution is -0.139. The summed E-state index contributed by atoms with van der Waals surface area (Å²) in [5.41, 5.74) is 2.91. The summed E-state index contributed by atoms with van der Waals surface area (Å²) in [5.74, 6) is -0.468. The normalized spacial score (nSPS) is 11.1. The third-order valence-electron chi connectivity index (χ3n) is 4.68. The number of nitrogens with one attached hydrogen (secondary N) is 1. The van der Waals surface area contributed by atoms with Gasteiger partial charge in [0.05, 0.1) is 0 Å². The van der Waals surface area contributed by atoms with Crippen molar-refractivity contribution in [2.75, 3.05) is 11.4 Å². The van der Waals surface area contributed by atoms with Crippen LogP contribution in [0.5, 0.6) is 0 Å². The highest BCUT2D eigenvalue weighted by molar-refractivity contribution is 6.11. The Balaban J connectivity index is 2.14. The molecule has 0 aliphatic rings. The smallest absolute Gasteiger partial charge is 0.242 e. The zero-order chi connectivity index (χ0) is 19.3. The second kappa shape index (κ2) is 8.17. The summed E-state index contributed by atoms with van der Waals surface area (Å²) in [6.45, 7) is 10.2. The SMILES string of the molecule is CCN(C(=O)C(C)(C)C(=O)NCc1ccccc1C)c1cccc(C)c1. The molecule has 2 aromatic carbocycles. The monoisotopic (exact) mass is 352 g/mol. The van der Waals surface area contributed by atoms with E-state index < -0.39 is 5.41 Å². The highest BCUT2D eigenvalue weighted by atomic mass is 16.2. The molecule has 138 valence electrons. The minimum absolute atomic E-state index is 0.201. The summed E-state index contributed by atoms with van der Waals surface area (Å²) in [5, 5.41) is 2.92. The first-order chi connectivity index (χ1) is 12.3. The van der Waals surface area contributed by atoms with Crippen LogP contribution in [0.4, 0.5) is 5.69 Å². The average Bonchev–Trinajstić information content (AvgIpc) is 2.61. The Morgan fingerprint density at radius 1 is 1.04 bits per heavy atom. The maximum absolute atomic E-state index is 13.1. The van der Waals surface area contributed by atoms with Gasteiger partial charge >= 0.3 is 0 Å². The topological polar surface area (TPSA) is 49.4 Å². The lowest BCUT2D eigenvalue weighted by atomic mass is 9.89. The maximum Gasteiger partial charge on any atom is 0.242 e. The van der Waals surface area contributed by atoms with E-state index in [1.54, 1.807) is 18.7 Å². The van der Waals surface area contributed by atoms with Gasteiger partial charge in [-0.3, -0.25) is 9.59 Å². The zero-order valence-electron chi connectivity index (χ0n) is 16.3. The van der Waals surface area contributed by atoms with Gasteiger partial charge in [-0.2, -0.15) is 0 Å². The molecule has 0 radical (unpaired) electrons. The molecule has 0 spiro atoms. The quantitative estimate of drug-likeness (QED) is 0.799. The summed E-state index contributed by atoms with van der Waals surface area (Å²) >= 11 is 0. The van der Waals surface area contributed by atoms with Gasteiger partial charge in [0.25, 0.3) is 0 Å². The van der Waals surface area contributed by atoms with Gasteiger partial charge in [-0.15, -0.1) is 0 Å². The molecule has 26 heavy (non-hydrogen) atoms. The summed E-state index contributed by atoms with van der Waals surface area (Å²) in [6.07, 6.45) is 0. The molecule has 0 unspecified atom stereocenters. The molecule has 4 nitrogen and oxygen atoms in total. The van der Waals surface area contributed by atoms with Gasteiger partial charge in [-0.1, -0.05) is 36.4 Å². The number of aryl methyl sites for hydroxylation is 2. The van der Waals surface area contributed by atoms with Crippen LogP contribution in [-0.4, -0.2) is 18.4 Å². The molecule has 0 aliphatic heterocycles. The lowest BCUT2D eigenvalue weighted by Crippen LogP contribution is -2.49. The standard InChI is InChI=1S/C22H28N2O2/c1-6-24(19-13-9-10-16(2)14-19)21(26)22(4,5)20(25)23-15-18-12-8-7-11-17(18)3/h7-14H,6,15H2,1-5H3,(H,23,25). The van der Waals surface area contributed by atoms with E-state index in [1.165, 1.54) is 0 Å². The van der Waals surface area contributed by atoms with E-state index in [4.69, 9.17) is 0 Å². The summed E-state index contributed by atoms with van der Waals surface area (Å²) in [7, 11) is 0. The van der Waals surface area contributed by atoms with E-state index in [-0.39, 0.29) is 11.8 Å². The summed E-state index contributed by atoms with van der Waals surface area (Å²) in [6, 6.07) is 15.7. The number of amides is 2. The van der Waals surface area contributed by atoms with E-state index in [1.807, 2.05) is 69.3 Å². The number of anilines is 1. The first kappa shape index (κ1) is 19.7. The predicted molar refractivity (Wildman–Crippen MR) is 106 cm³/mol. The molecule has 2 aromatic rings. The van der Waals surface area contributed by atoms with Crippen LogP contribution in [0, 0.1) is 19.3 Å². The molecule has 0 fully saturated rings. The second-order valence-corrected chi connectivity index (χ2v) is 7.12. The van der Waals surface area contributed by atoms with Crippen molar-refractivity contribution in [2.24, 2.45) is 5.41 Å². The van der Waals surface area contributed by atoms with Crippen molar-refractivity contribution in [1.82, 2.24) is 5.32 Å². The van der Waals surface area contributed by atoms with Crippen molar-refractivity contribution in [2.45, 2.75) is 41.2 Å². The molecule has 0 bridgehead atoms. The molecular weight excluding hydrogens is 324 g/mol. The van der Waals surface area contributed by atoms with Crippen molar-refractivity contribution >= 4 is 17.5 Å². The Morgan fingerprint density at radius 3 is 2.35 bits per heavy atom. The number of nitrogens with zero attached hydrogens (tertiary/aromatic N) is 1. The molecule has 2 amide bonds. The third-order valence-corrected chi connectivity index (χ3v) is 4.68. The number of benzene rings is 2. The van der Waals surface area contributed by atoms with Gasteiger partial charge in [-0.05, 0) is 63.4 Å². The van der Waals surface area contributed by atoms with Crippen LogP contribution in [0.25, 0.3) is 0 Å². The van der Waals surface area contributed by atoms with Crippen molar-refractivity contribution in [3.63, 3.8) is 0 Å². The highest BCUT2D eigenvalue weighted by Gasteiger charge is 2.39. The lowest BCUT2D eigenvalue weighted by Gasteiger charge is -2.30. The van der Waals surface area contributed by atoms with E-state index in [0.29, 0.717) is 13.1 Å². The second-order valence-electron chi connectivity index (χ2n) is 7.12. The van der Waals surface area contributed by atoms with Crippen LogP contribution in [-0.2, 0) is 16.1 Å². The molecular formula is C22H28N2O2. The minimum Gasteiger partial charge on any atom is -0.351 e. The molecule has 0 saturated carbocycles. The Kier molecular flexibility index (Phi) is 6.19. The van der Waals surface area contributed by atoms with Crippen LogP contribution >= 0.6 is 0 Å². The average molecular weight is 352 g/mol. The molecule has 2 rings (SSSR count). The van der Waals surface area contributed by atoms with Gasteiger partial charge in [0.2, 0.25) is 11.8 Å². The van der Waals surface area contributed by atoms with Crippen molar-refractivity contribution in [3.05, 3.63) is 65.2 Å². The fourth-order valence-corrected chi connectivity index (χ4v) is 2.88. The Morgan fingerprint density at radius 2 is 1.73 bits per heavy atom. The number of hydrogen-bond donors (Lipinski definition) is 1. The number of rotatable bonds is 6.